The molecule has 0 aliphatic carbocycles. The fourth-order valence-corrected chi connectivity index (χ4v) is 2.74. The van der Waals surface area contributed by atoms with Crippen LogP contribution in [0.1, 0.15) is 32.9 Å². The van der Waals surface area contributed by atoms with Gasteiger partial charge in [-0.1, -0.05) is 20.8 Å². The van der Waals surface area contributed by atoms with Gasteiger partial charge >= 0.3 is 0 Å². The third kappa shape index (κ3) is 2.73. The van der Waals surface area contributed by atoms with E-state index in [1.807, 2.05) is 21.7 Å². The molecule has 2 aromatic rings. The van der Waals surface area contributed by atoms with E-state index in [0.29, 0.717) is 19.5 Å². The zero-order valence-corrected chi connectivity index (χ0v) is 12.7. The molecular weight excluding hydrogens is 268 g/mol. The summed E-state index contributed by atoms with van der Waals surface area (Å²) in [5.41, 5.74) is 1.86. The molecule has 3 heterocycles. The van der Waals surface area contributed by atoms with Crippen molar-refractivity contribution < 1.29 is 10.2 Å². The van der Waals surface area contributed by atoms with Gasteiger partial charge in [-0.3, -0.25) is 0 Å². The lowest BCUT2D eigenvalue weighted by Crippen LogP contribution is -2.46. The minimum absolute atomic E-state index is 0.0375. The van der Waals surface area contributed by atoms with Crippen LogP contribution in [0.3, 0.4) is 0 Å². The average molecular weight is 290 g/mol. The number of aliphatic hydroxyl groups excluding tert-OH is 2. The molecule has 3 rings (SSSR count). The third-order valence-electron chi connectivity index (χ3n) is 3.84. The number of anilines is 1. The van der Waals surface area contributed by atoms with Crippen molar-refractivity contribution in [1.29, 1.82) is 0 Å². The predicted octanol–water partition coefficient (Wildman–Crippen LogP) is 0.959. The van der Waals surface area contributed by atoms with E-state index >= 15 is 0 Å². The van der Waals surface area contributed by atoms with E-state index in [1.54, 1.807) is 6.20 Å². The Morgan fingerprint density at radius 2 is 1.86 bits per heavy atom. The van der Waals surface area contributed by atoms with Crippen molar-refractivity contribution in [1.82, 2.24) is 14.6 Å². The fourth-order valence-electron chi connectivity index (χ4n) is 2.74. The lowest BCUT2D eigenvalue weighted by Gasteiger charge is -2.34. The smallest absolute Gasteiger partial charge is 0.154 e. The first-order valence-corrected chi connectivity index (χ1v) is 7.30. The highest BCUT2D eigenvalue weighted by molar-refractivity contribution is 5.69. The summed E-state index contributed by atoms with van der Waals surface area (Å²) in [7, 11) is 0. The first-order valence-electron chi connectivity index (χ1n) is 7.30. The number of hydrogen-bond acceptors (Lipinski definition) is 5. The average Bonchev–Trinajstić information content (AvgIpc) is 2.80. The van der Waals surface area contributed by atoms with Crippen LogP contribution in [0, 0.1) is 0 Å². The Labute approximate surface area is 124 Å². The molecule has 1 fully saturated rings. The third-order valence-corrected chi connectivity index (χ3v) is 3.84. The molecule has 0 unspecified atom stereocenters. The molecule has 0 aromatic carbocycles. The van der Waals surface area contributed by atoms with E-state index in [0.717, 1.165) is 17.0 Å². The van der Waals surface area contributed by atoms with Crippen molar-refractivity contribution >= 4 is 11.3 Å². The summed E-state index contributed by atoms with van der Waals surface area (Å²) < 4.78 is 1.82. The topological polar surface area (TPSA) is 73.9 Å². The maximum absolute atomic E-state index is 9.87. The molecule has 1 aliphatic rings. The number of piperidine rings is 1. The fraction of sp³-hybridized carbons (Fsp3) is 0.600. The maximum atomic E-state index is 9.87. The van der Waals surface area contributed by atoms with Crippen molar-refractivity contribution in [3.8, 4) is 0 Å². The molecule has 0 amide bonds. The molecular formula is C15H22N4O2. The lowest BCUT2D eigenvalue weighted by atomic mass is 9.92. The number of nitrogens with zero attached hydrogens (tertiary/aromatic N) is 4. The van der Waals surface area contributed by atoms with Crippen LogP contribution in [0.2, 0.25) is 0 Å². The van der Waals surface area contributed by atoms with Gasteiger partial charge in [0.25, 0.3) is 0 Å². The van der Waals surface area contributed by atoms with Gasteiger partial charge in [-0.15, -0.1) is 0 Å². The zero-order chi connectivity index (χ0) is 15.2. The number of aliphatic hydroxyl groups is 2. The highest BCUT2D eigenvalue weighted by Gasteiger charge is 2.27. The number of hydrogen-bond donors (Lipinski definition) is 2. The van der Waals surface area contributed by atoms with E-state index in [2.05, 4.69) is 30.9 Å². The van der Waals surface area contributed by atoms with Crippen molar-refractivity contribution in [3.05, 3.63) is 24.2 Å². The molecule has 2 aromatic heterocycles. The molecule has 6 nitrogen and oxygen atoms in total. The molecule has 0 saturated carbocycles. The minimum Gasteiger partial charge on any atom is -0.391 e. The summed E-state index contributed by atoms with van der Waals surface area (Å²) in [6.45, 7) is 7.34. The molecule has 114 valence electrons. The number of fused-ring (bicyclic) bond motifs is 1. The summed E-state index contributed by atoms with van der Waals surface area (Å²) in [6, 6.07) is 2.04. The van der Waals surface area contributed by atoms with E-state index in [1.165, 1.54) is 0 Å². The van der Waals surface area contributed by atoms with Gasteiger partial charge in [-0.2, -0.15) is 5.10 Å². The number of β-amino-alcohol motifs (C(OH)–C–C–N with tert-alkyl or cyclic N) is 2. The number of rotatable bonds is 1. The van der Waals surface area contributed by atoms with Crippen LogP contribution < -0.4 is 4.90 Å². The van der Waals surface area contributed by atoms with E-state index in [9.17, 15) is 10.2 Å². The van der Waals surface area contributed by atoms with Gasteiger partial charge in [-0.25, -0.2) is 9.50 Å². The lowest BCUT2D eigenvalue weighted by molar-refractivity contribution is 0.0649. The molecule has 0 spiro atoms. The van der Waals surface area contributed by atoms with E-state index in [4.69, 9.17) is 0 Å². The number of aromatic nitrogens is 3. The summed E-state index contributed by atoms with van der Waals surface area (Å²) in [6.07, 6.45) is 2.90. The quantitative estimate of drug-likeness (QED) is 0.818. The van der Waals surface area contributed by atoms with Gasteiger partial charge in [0, 0.05) is 37.3 Å². The van der Waals surface area contributed by atoms with Gasteiger partial charge in [0.15, 0.2) is 5.82 Å². The van der Waals surface area contributed by atoms with Crippen LogP contribution in [0.25, 0.3) is 5.52 Å². The van der Waals surface area contributed by atoms with Crippen LogP contribution in [-0.2, 0) is 5.41 Å². The maximum Gasteiger partial charge on any atom is 0.154 e. The highest BCUT2D eigenvalue weighted by Crippen LogP contribution is 2.27. The second-order valence-electron chi connectivity index (χ2n) is 6.81. The second kappa shape index (κ2) is 4.96. The van der Waals surface area contributed by atoms with Crippen LogP contribution in [0.4, 0.5) is 5.82 Å². The molecule has 2 atom stereocenters. The van der Waals surface area contributed by atoms with E-state index < -0.39 is 12.2 Å². The first-order chi connectivity index (χ1) is 9.84. The highest BCUT2D eigenvalue weighted by atomic mass is 16.3. The Hall–Kier alpha value is -1.66. The van der Waals surface area contributed by atoms with E-state index in [-0.39, 0.29) is 5.41 Å². The first kappa shape index (κ1) is 14.3. The minimum atomic E-state index is -0.527. The second-order valence-corrected chi connectivity index (χ2v) is 6.81. The van der Waals surface area contributed by atoms with Crippen LogP contribution in [0.15, 0.2) is 18.5 Å². The molecule has 1 saturated heterocycles. The van der Waals surface area contributed by atoms with Crippen LogP contribution in [0.5, 0.6) is 0 Å². The SMILES string of the molecule is CC(C)(C)c1cc2c(N3C[C@H](O)C[C@H](O)C3)nccn2n1. The zero-order valence-electron chi connectivity index (χ0n) is 12.7. The Kier molecular flexibility index (Phi) is 3.37. The largest absolute Gasteiger partial charge is 0.391 e. The monoisotopic (exact) mass is 290 g/mol. The van der Waals surface area contributed by atoms with Crippen molar-refractivity contribution in [3.63, 3.8) is 0 Å². The Bertz CT molecular complexity index is 637. The molecule has 21 heavy (non-hydrogen) atoms. The molecule has 2 N–H and O–H groups in total. The Morgan fingerprint density at radius 3 is 2.48 bits per heavy atom. The Morgan fingerprint density at radius 1 is 1.19 bits per heavy atom. The van der Waals surface area contributed by atoms with Crippen molar-refractivity contribution in [2.45, 2.75) is 44.8 Å². The normalized spacial score (nSPS) is 23.8. The molecule has 1 aliphatic heterocycles. The summed E-state index contributed by atoms with van der Waals surface area (Å²) in [5.74, 6) is 0.762. The van der Waals surface area contributed by atoms with Crippen molar-refractivity contribution in [2.24, 2.45) is 0 Å². The van der Waals surface area contributed by atoms with Crippen molar-refractivity contribution in [2.75, 3.05) is 18.0 Å². The predicted molar refractivity (Wildman–Crippen MR) is 80.5 cm³/mol. The van der Waals surface area contributed by atoms with Gasteiger partial charge in [0.05, 0.1) is 17.9 Å². The van der Waals surface area contributed by atoms with Crippen LogP contribution in [-0.4, -0.2) is 50.1 Å². The molecule has 6 heteroatoms. The summed E-state index contributed by atoms with van der Waals surface area (Å²) in [4.78, 5) is 6.37. The molecule has 0 bridgehead atoms. The summed E-state index contributed by atoms with van der Waals surface area (Å²) in [5, 5.41) is 24.3. The van der Waals surface area contributed by atoms with Gasteiger partial charge < -0.3 is 15.1 Å². The summed E-state index contributed by atoms with van der Waals surface area (Å²) >= 11 is 0. The standard InChI is InChI=1S/C15H22N4O2/c1-15(2,3)13-7-12-14(16-4-5-19(12)17-13)18-8-10(20)6-11(21)9-18/h4-5,7,10-11,20-21H,6,8-9H2,1-3H3/t10-,11+. The van der Waals surface area contributed by atoms with Gasteiger partial charge in [0.2, 0.25) is 0 Å². The van der Waals surface area contributed by atoms with Crippen LogP contribution >= 0.6 is 0 Å². The van der Waals surface area contributed by atoms with Gasteiger partial charge in [0.1, 0.15) is 5.52 Å². The molecule has 0 radical (unpaired) electrons. The Balaban J connectivity index is 2.04. The van der Waals surface area contributed by atoms with Gasteiger partial charge in [-0.05, 0) is 6.07 Å².